The molecule has 1 aromatic carbocycles. The highest BCUT2D eigenvalue weighted by Crippen LogP contribution is 2.22. The number of hydrogen-bond acceptors (Lipinski definition) is 4. The average Bonchev–Trinajstić information content (AvgIpc) is 2.89. The van der Waals surface area contributed by atoms with Crippen molar-refractivity contribution in [3.05, 3.63) is 48.7 Å². The summed E-state index contributed by atoms with van der Waals surface area (Å²) in [5.74, 6) is 0.843. The molecule has 19 heavy (non-hydrogen) atoms. The van der Waals surface area contributed by atoms with Crippen molar-refractivity contribution in [3.8, 4) is 0 Å². The first kappa shape index (κ1) is 11.5. The van der Waals surface area contributed by atoms with Gasteiger partial charge < -0.3 is 15.0 Å². The van der Waals surface area contributed by atoms with Crippen LogP contribution in [0.3, 0.4) is 0 Å². The topological polar surface area (TPSA) is 54.2 Å². The largest absolute Gasteiger partial charge is 0.372 e. The molecule has 0 saturated carbocycles. The molecular weight excluding hydrogens is 245 g/mol. The Labute approximate surface area is 109 Å². The van der Waals surface area contributed by atoms with E-state index >= 15 is 0 Å². The molecule has 2 N–H and O–H groups in total. The molecule has 5 nitrogen and oxygen atoms in total. The van der Waals surface area contributed by atoms with E-state index in [1.165, 1.54) is 6.07 Å². The number of nitrogens with zero attached hydrogens (tertiary/aromatic N) is 3. The number of aromatic nitrogens is 3. The lowest BCUT2D eigenvalue weighted by Gasteiger charge is -2.09. The van der Waals surface area contributed by atoms with Gasteiger partial charge in [-0.1, -0.05) is 12.1 Å². The van der Waals surface area contributed by atoms with Crippen LogP contribution in [0.4, 0.5) is 21.7 Å². The molecule has 3 aromatic rings. The summed E-state index contributed by atoms with van der Waals surface area (Å²) in [5.41, 5.74) is 1.01. The van der Waals surface area contributed by atoms with E-state index in [1.54, 1.807) is 31.4 Å². The molecule has 2 aromatic heterocycles. The maximum Gasteiger partial charge on any atom is 0.180 e. The fourth-order valence-corrected chi connectivity index (χ4v) is 1.83. The van der Waals surface area contributed by atoms with Crippen LogP contribution in [-0.4, -0.2) is 21.4 Å². The maximum atomic E-state index is 13.7. The highest BCUT2D eigenvalue weighted by Gasteiger charge is 2.09. The second kappa shape index (κ2) is 4.56. The zero-order chi connectivity index (χ0) is 13.2. The Morgan fingerprint density at radius 3 is 2.89 bits per heavy atom. The van der Waals surface area contributed by atoms with Gasteiger partial charge in [0.2, 0.25) is 0 Å². The van der Waals surface area contributed by atoms with Crippen LogP contribution in [0.2, 0.25) is 0 Å². The highest BCUT2D eigenvalue weighted by molar-refractivity contribution is 5.71. The van der Waals surface area contributed by atoms with Crippen molar-refractivity contribution in [1.82, 2.24) is 14.4 Å². The molecule has 6 heteroatoms. The number of rotatable bonds is 3. The standard InChI is InChI=1S/C13H12FN5/c1-15-11-8-19-7-6-16-13(19)12(18-11)17-10-5-3-2-4-9(10)14/h2-8,15H,1H3,(H,17,18). The normalized spacial score (nSPS) is 10.6. The first-order valence-corrected chi connectivity index (χ1v) is 5.81. The summed E-state index contributed by atoms with van der Waals surface area (Å²) >= 11 is 0. The molecule has 0 spiro atoms. The van der Waals surface area contributed by atoms with E-state index in [2.05, 4.69) is 20.6 Å². The minimum atomic E-state index is -0.330. The third kappa shape index (κ3) is 2.08. The Morgan fingerprint density at radius 2 is 2.11 bits per heavy atom. The summed E-state index contributed by atoms with van der Waals surface area (Å²) in [5, 5.41) is 5.92. The maximum absolute atomic E-state index is 13.7. The number of anilines is 3. The molecular formula is C13H12FN5. The van der Waals surface area contributed by atoms with Crippen molar-refractivity contribution >= 4 is 23.0 Å². The minimum absolute atomic E-state index is 0.330. The van der Waals surface area contributed by atoms with Crippen LogP contribution in [0.15, 0.2) is 42.9 Å². The fraction of sp³-hybridized carbons (Fsp3) is 0.0769. The minimum Gasteiger partial charge on any atom is -0.372 e. The zero-order valence-electron chi connectivity index (χ0n) is 10.3. The van der Waals surface area contributed by atoms with E-state index in [0.717, 1.165) is 0 Å². The summed E-state index contributed by atoms with van der Waals surface area (Å²) in [4.78, 5) is 8.56. The van der Waals surface area contributed by atoms with Crippen LogP contribution in [-0.2, 0) is 0 Å². The zero-order valence-corrected chi connectivity index (χ0v) is 10.3. The fourth-order valence-electron chi connectivity index (χ4n) is 1.83. The van der Waals surface area contributed by atoms with Crippen LogP contribution in [0.1, 0.15) is 0 Å². The number of benzene rings is 1. The lowest BCUT2D eigenvalue weighted by molar-refractivity contribution is 0.632. The number of imidazole rings is 1. The lowest BCUT2D eigenvalue weighted by atomic mass is 10.3. The van der Waals surface area contributed by atoms with E-state index in [4.69, 9.17) is 0 Å². The van der Waals surface area contributed by atoms with E-state index < -0.39 is 0 Å². The van der Waals surface area contributed by atoms with Gasteiger partial charge in [0, 0.05) is 19.4 Å². The number of nitrogens with one attached hydrogen (secondary N) is 2. The van der Waals surface area contributed by atoms with E-state index in [1.807, 2.05) is 16.8 Å². The van der Waals surface area contributed by atoms with Gasteiger partial charge in [-0.25, -0.2) is 14.4 Å². The second-order valence-electron chi connectivity index (χ2n) is 3.99. The summed E-state index contributed by atoms with van der Waals surface area (Å²) < 4.78 is 15.5. The van der Waals surface area contributed by atoms with Gasteiger partial charge >= 0.3 is 0 Å². The van der Waals surface area contributed by atoms with Crippen molar-refractivity contribution in [2.24, 2.45) is 0 Å². The Hall–Kier alpha value is -2.63. The Morgan fingerprint density at radius 1 is 1.26 bits per heavy atom. The molecule has 3 rings (SSSR count). The van der Waals surface area contributed by atoms with Gasteiger partial charge in [0.05, 0.1) is 11.9 Å². The van der Waals surface area contributed by atoms with Gasteiger partial charge in [-0.15, -0.1) is 0 Å². The van der Waals surface area contributed by atoms with E-state index in [9.17, 15) is 4.39 Å². The number of para-hydroxylation sites is 1. The SMILES string of the molecule is CNc1cn2ccnc2c(Nc2ccccc2F)n1. The lowest BCUT2D eigenvalue weighted by Crippen LogP contribution is -2.03. The van der Waals surface area contributed by atoms with Crippen LogP contribution in [0.25, 0.3) is 5.65 Å². The average molecular weight is 257 g/mol. The molecule has 0 unspecified atom stereocenters. The summed E-state index contributed by atoms with van der Waals surface area (Å²) in [7, 11) is 1.78. The molecule has 2 heterocycles. The predicted molar refractivity (Wildman–Crippen MR) is 72.2 cm³/mol. The first-order chi connectivity index (χ1) is 9.28. The van der Waals surface area contributed by atoms with Gasteiger partial charge in [-0.05, 0) is 12.1 Å². The molecule has 0 atom stereocenters. The van der Waals surface area contributed by atoms with Crippen LogP contribution in [0, 0.1) is 5.82 Å². The van der Waals surface area contributed by atoms with Gasteiger partial charge in [0.1, 0.15) is 11.6 Å². The van der Waals surface area contributed by atoms with Gasteiger partial charge in [0.25, 0.3) is 0 Å². The first-order valence-electron chi connectivity index (χ1n) is 5.81. The molecule has 0 fully saturated rings. The van der Waals surface area contributed by atoms with E-state index in [0.29, 0.717) is 23.0 Å². The smallest absolute Gasteiger partial charge is 0.180 e. The Kier molecular flexibility index (Phi) is 2.75. The second-order valence-corrected chi connectivity index (χ2v) is 3.99. The molecule has 0 aliphatic carbocycles. The third-order valence-corrected chi connectivity index (χ3v) is 2.76. The molecule has 0 radical (unpaired) electrons. The highest BCUT2D eigenvalue weighted by atomic mass is 19.1. The predicted octanol–water partition coefficient (Wildman–Crippen LogP) is 2.65. The molecule has 0 aliphatic heterocycles. The number of hydrogen-bond donors (Lipinski definition) is 2. The quantitative estimate of drug-likeness (QED) is 0.757. The van der Waals surface area contributed by atoms with Crippen molar-refractivity contribution in [2.75, 3.05) is 17.7 Å². The summed E-state index contributed by atoms with van der Waals surface area (Å²) in [6.45, 7) is 0. The van der Waals surface area contributed by atoms with Crippen LogP contribution >= 0.6 is 0 Å². The third-order valence-electron chi connectivity index (χ3n) is 2.76. The summed E-state index contributed by atoms with van der Waals surface area (Å²) in [6, 6.07) is 6.45. The van der Waals surface area contributed by atoms with Gasteiger partial charge in [-0.2, -0.15) is 0 Å². The molecule has 0 amide bonds. The van der Waals surface area contributed by atoms with Crippen LogP contribution < -0.4 is 10.6 Å². The molecule has 0 aliphatic rings. The van der Waals surface area contributed by atoms with Crippen molar-refractivity contribution < 1.29 is 4.39 Å². The van der Waals surface area contributed by atoms with Crippen molar-refractivity contribution in [1.29, 1.82) is 0 Å². The number of halogens is 1. The molecule has 96 valence electrons. The van der Waals surface area contributed by atoms with Crippen LogP contribution in [0.5, 0.6) is 0 Å². The van der Waals surface area contributed by atoms with Gasteiger partial charge in [0.15, 0.2) is 11.5 Å². The van der Waals surface area contributed by atoms with Crippen molar-refractivity contribution in [2.45, 2.75) is 0 Å². The van der Waals surface area contributed by atoms with Crippen molar-refractivity contribution in [3.63, 3.8) is 0 Å². The molecule has 0 bridgehead atoms. The number of fused-ring (bicyclic) bond motifs is 1. The Balaban J connectivity index is 2.09. The Bertz CT molecular complexity index is 722. The van der Waals surface area contributed by atoms with E-state index in [-0.39, 0.29) is 5.82 Å². The van der Waals surface area contributed by atoms with Gasteiger partial charge in [-0.3, -0.25) is 0 Å². The molecule has 0 saturated heterocycles. The monoisotopic (exact) mass is 257 g/mol. The summed E-state index contributed by atoms with van der Waals surface area (Å²) in [6.07, 6.45) is 5.29.